The molecule has 3 rings (SSSR count). The van der Waals surface area contributed by atoms with E-state index in [1.807, 2.05) is 17.5 Å². The summed E-state index contributed by atoms with van der Waals surface area (Å²) in [5.41, 5.74) is 0.543. The van der Waals surface area contributed by atoms with Gasteiger partial charge in [0.05, 0.1) is 11.0 Å². The molecule has 7 heteroatoms. The molecule has 1 saturated heterocycles. The quantitative estimate of drug-likeness (QED) is 0.843. The minimum absolute atomic E-state index is 0.00634. The molecule has 1 aliphatic rings. The maximum absolute atomic E-state index is 12.5. The Kier molecular flexibility index (Phi) is 4.26. The van der Waals surface area contributed by atoms with Crippen molar-refractivity contribution in [3.8, 4) is 0 Å². The summed E-state index contributed by atoms with van der Waals surface area (Å²) in [5, 5.41) is 1.39. The Balaban J connectivity index is 1.81. The van der Waals surface area contributed by atoms with Gasteiger partial charge in [-0.25, -0.2) is 8.42 Å². The van der Waals surface area contributed by atoms with Crippen molar-refractivity contribution >= 4 is 27.1 Å². The van der Waals surface area contributed by atoms with Gasteiger partial charge in [0.25, 0.3) is 5.91 Å². The zero-order valence-corrected chi connectivity index (χ0v) is 13.5. The maximum atomic E-state index is 12.5. The average molecular weight is 336 g/mol. The molecule has 1 unspecified atom stereocenters. The molecule has 0 aliphatic carbocycles. The Morgan fingerprint density at radius 1 is 1.23 bits per heavy atom. The number of carbonyl (C=O) groups is 1. The van der Waals surface area contributed by atoms with Crippen molar-refractivity contribution in [2.45, 2.75) is 11.7 Å². The first-order valence-electron chi connectivity index (χ1n) is 7.02. The van der Waals surface area contributed by atoms with Gasteiger partial charge in [-0.05, 0) is 30.0 Å². The van der Waals surface area contributed by atoms with Gasteiger partial charge in [-0.2, -0.15) is 0 Å². The van der Waals surface area contributed by atoms with Crippen molar-refractivity contribution in [3.05, 3.63) is 52.5 Å². The number of thiophene rings is 1. The summed E-state index contributed by atoms with van der Waals surface area (Å²) in [6.07, 6.45) is 3.58. The van der Waals surface area contributed by atoms with E-state index < -0.39 is 15.1 Å². The molecule has 22 heavy (non-hydrogen) atoms. The zero-order valence-electron chi connectivity index (χ0n) is 11.9. The Bertz CT molecular complexity index is 742. The van der Waals surface area contributed by atoms with Gasteiger partial charge in [-0.3, -0.25) is 9.78 Å². The van der Waals surface area contributed by atoms with E-state index >= 15 is 0 Å². The monoisotopic (exact) mass is 336 g/mol. The molecule has 116 valence electrons. The van der Waals surface area contributed by atoms with Crippen LogP contribution in [0.3, 0.4) is 0 Å². The first-order valence-corrected chi connectivity index (χ1v) is 9.62. The Labute approximate surface area is 133 Å². The lowest BCUT2D eigenvalue weighted by Gasteiger charge is -2.19. The van der Waals surface area contributed by atoms with E-state index in [0.29, 0.717) is 18.5 Å². The standard InChI is InChI=1S/C15H16N2O3S2/c18-15(12-3-6-16-7-4-12)17-8-5-14(13-2-1-10-21-13)22(19,20)11-9-17/h1-4,6-7,10,14H,5,8-9,11H2. The average Bonchev–Trinajstić information content (AvgIpc) is 2.99. The molecule has 3 heterocycles. The molecular weight excluding hydrogens is 320 g/mol. The predicted molar refractivity (Wildman–Crippen MR) is 85.6 cm³/mol. The fraction of sp³-hybridized carbons (Fsp3) is 0.333. The van der Waals surface area contributed by atoms with Crippen LogP contribution in [-0.4, -0.2) is 43.1 Å². The fourth-order valence-electron chi connectivity index (χ4n) is 2.62. The second kappa shape index (κ2) is 6.18. The minimum Gasteiger partial charge on any atom is -0.338 e. The third kappa shape index (κ3) is 3.05. The molecule has 0 radical (unpaired) electrons. The lowest BCUT2D eigenvalue weighted by atomic mass is 10.2. The number of sulfone groups is 1. The van der Waals surface area contributed by atoms with Crippen molar-refractivity contribution in [3.63, 3.8) is 0 Å². The second-order valence-electron chi connectivity index (χ2n) is 5.19. The van der Waals surface area contributed by atoms with Crippen LogP contribution in [0, 0.1) is 0 Å². The molecule has 2 aromatic heterocycles. The molecule has 0 saturated carbocycles. The van der Waals surface area contributed by atoms with Gasteiger partial charge in [0.15, 0.2) is 9.84 Å². The van der Waals surface area contributed by atoms with Crippen LogP contribution in [0.15, 0.2) is 42.0 Å². The Morgan fingerprint density at radius 3 is 2.68 bits per heavy atom. The van der Waals surface area contributed by atoms with Crippen LogP contribution in [0.4, 0.5) is 0 Å². The Hall–Kier alpha value is -1.73. The molecule has 1 aliphatic heterocycles. The highest BCUT2D eigenvalue weighted by Gasteiger charge is 2.33. The lowest BCUT2D eigenvalue weighted by Crippen LogP contribution is -2.33. The predicted octanol–water partition coefficient (Wildman–Crippen LogP) is 2.15. The van der Waals surface area contributed by atoms with Crippen molar-refractivity contribution in [1.29, 1.82) is 0 Å². The number of rotatable bonds is 2. The number of hydrogen-bond donors (Lipinski definition) is 0. The minimum atomic E-state index is -3.23. The molecule has 0 aromatic carbocycles. The largest absolute Gasteiger partial charge is 0.338 e. The molecular formula is C15H16N2O3S2. The highest BCUT2D eigenvalue weighted by Crippen LogP contribution is 2.32. The van der Waals surface area contributed by atoms with E-state index in [2.05, 4.69) is 4.98 Å². The van der Waals surface area contributed by atoms with Gasteiger partial charge in [0.2, 0.25) is 0 Å². The third-order valence-corrected chi connectivity index (χ3v) is 7.06. The number of aromatic nitrogens is 1. The van der Waals surface area contributed by atoms with E-state index in [0.717, 1.165) is 4.88 Å². The van der Waals surface area contributed by atoms with Crippen molar-refractivity contribution in [2.24, 2.45) is 0 Å². The summed E-state index contributed by atoms with van der Waals surface area (Å²) in [5.74, 6) is -0.128. The molecule has 0 spiro atoms. The summed E-state index contributed by atoms with van der Waals surface area (Å²) >= 11 is 1.46. The summed E-state index contributed by atoms with van der Waals surface area (Å²) in [6, 6.07) is 7.02. The van der Waals surface area contributed by atoms with Gasteiger partial charge in [0, 0.05) is 35.9 Å². The first-order chi connectivity index (χ1) is 10.6. The van der Waals surface area contributed by atoms with Gasteiger partial charge in [-0.1, -0.05) is 6.07 Å². The van der Waals surface area contributed by atoms with Gasteiger partial charge in [-0.15, -0.1) is 11.3 Å². The van der Waals surface area contributed by atoms with E-state index in [9.17, 15) is 13.2 Å². The van der Waals surface area contributed by atoms with Crippen LogP contribution >= 0.6 is 11.3 Å². The van der Waals surface area contributed by atoms with Gasteiger partial charge in [0.1, 0.15) is 0 Å². The van der Waals surface area contributed by atoms with Crippen LogP contribution in [-0.2, 0) is 9.84 Å². The highest BCUT2D eigenvalue weighted by molar-refractivity contribution is 7.91. The highest BCUT2D eigenvalue weighted by atomic mass is 32.2. The molecule has 0 N–H and O–H groups in total. The SMILES string of the molecule is O=C(c1ccncc1)N1CCC(c2cccs2)S(=O)(=O)CC1. The number of hydrogen-bond acceptors (Lipinski definition) is 5. The van der Waals surface area contributed by atoms with Crippen LogP contribution in [0.2, 0.25) is 0 Å². The topological polar surface area (TPSA) is 67.3 Å². The molecule has 5 nitrogen and oxygen atoms in total. The van der Waals surface area contributed by atoms with E-state index in [1.54, 1.807) is 29.4 Å². The molecule has 1 amide bonds. The fourth-order valence-corrected chi connectivity index (χ4v) is 5.62. The first kappa shape index (κ1) is 15.2. The summed E-state index contributed by atoms with van der Waals surface area (Å²) in [6.45, 7) is 0.689. The number of carbonyl (C=O) groups excluding carboxylic acids is 1. The Morgan fingerprint density at radius 2 is 2.00 bits per heavy atom. The molecule has 1 atom stereocenters. The van der Waals surface area contributed by atoms with Crippen LogP contribution in [0.1, 0.15) is 26.9 Å². The van der Waals surface area contributed by atoms with Crippen LogP contribution in [0.25, 0.3) is 0 Å². The normalized spacial score (nSPS) is 21.3. The lowest BCUT2D eigenvalue weighted by molar-refractivity contribution is 0.0766. The second-order valence-corrected chi connectivity index (χ2v) is 8.47. The zero-order chi connectivity index (χ0) is 15.6. The molecule has 1 fully saturated rings. The maximum Gasteiger partial charge on any atom is 0.253 e. The van der Waals surface area contributed by atoms with Crippen molar-refractivity contribution in [2.75, 3.05) is 18.8 Å². The van der Waals surface area contributed by atoms with Crippen LogP contribution < -0.4 is 0 Å². The van der Waals surface area contributed by atoms with E-state index in [-0.39, 0.29) is 18.2 Å². The van der Waals surface area contributed by atoms with E-state index in [1.165, 1.54) is 11.3 Å². The van der Waals surface area contributed by atoms with Crippen LogP contribution in [0.5, 0.6) is 0 Å². The smallest absolute Gasteiger partial charge is 0.253 e. The summed E-state index contributed by atoms with van der Waals surface area (Å²) < 4.78 is 24.9. The molecule has 2 aromatic rings. The van der Waals surface area contributed by atoms with Crippen molar-refractivity contribution < 1.29 is 13.2 Å². The van der Waals surface area contributed by atoms with Crippen molar-refractivity contribution in [1.82, 2.24) is 9.88 Å². The molecule has 0 bridgehead atoms. The number of amides is 1. The van der Waals surface area contributed by atoms with Gasteiger partial charge >= 0.3 is 0 Å². The third-order valence-electron chi connectivity index (χ3n) is 3.82. The number of nitrogens with zero attached hydrogens (tertiary/aromatic N) is 2. The van der Waals surface area contributed by atoms with Gasteiger partial charge < -0.3 is 4.90 Å². The number of pyridine rings is 1. The summed E-state index contributed by atoms with van der Waals surface area (Å²) in [7, 11) is -3.23. The summed E-state index contributed by atoms with van der Waals surface area (Å²) in [4.78, 5) is 18.8. The van der Waals surface area contributed by atoms with E-state index in [4.69, 9.17) is 0 Å².